The van der Waals surface area contributed by atoms with E-state index in [1.807, 2.05) is 0 Å². The molecule has 15 nitrogen and oxygen atoms in total. The van der Waals surface area contributed by atoms with Crippen LogP contribution in [-0.2, 0) is 52.3 Å². The first-order valence-corrected chi connectivity index (χ1v) is 23.8. The number of amides is 1. The third-order valence-corrected chi connectivity index (χ3v) is 14.7. The molecule has 3 aliphatic carbocycles. The fourth-order valence-corrected chi connectivity index (χ4v) is 11.2. The van der Waals surface area contributed by atoms with Crippen molar-refractivity contribution in [3.63, 3.8) is 0 Å². The molecule has 2 N–H and O–H groups in total. The van der Waals surface area contributed by atoms with Crippen LogP contribution in [0.1, 0.15) is 100 Å². The molecule has 1 saturated heterocycles. The zero-order valence-electron chi connectivity index (χ0n) is 39.7. The Hall–Kier alpha value is -5.46. The van der Waals surface area contributed by atoms with Gasteiger partial charge in [-0.3, -0.25) is 19.2 Å². The van der Waals surface area contributed by atoms with E-state index in [1.54, 1.807) is 102 Å². The molecule has 1 unspecified atom stereocenters. The number of benzene rings is 3. The van der Waals surface area contributed by atoms with Crippen LogP contribution in [0, 0.1) is 22.6 Å². The summed E-state index contributed by atoms with van der Waals surface area (Å²) in [6.07, 6.45) is -9.25. The number of ketones is 1. The monoisotopic (exact) mass is 973 g/mol. The third kappa shape index (κ3) is 9.35. The van der Waals surface area contributed by atoms with Gasteiger partial charge in [0.05, 0.1) is 42.1 Å². The smallest absolute Gasteiger partial charge is 0.338 e. The topological polar surface area (TPSA) is 199 Å². The van der Waals surface area contributed by atoms with Crippen LogP contribution in [0.15, 0.2) is 96.1 Å². The molecular weight excluding hydrogens is 914 g/mol. The maximum atomic E-state index is 16.1. The molecule has 7 rings (SSSR count). The van der Waals surface area contributed by atoms with Crippen molar-refractivity contribution in [1.29, 1.82) is 0 Å². The molecule has 2 saturated carbocycles. The minimum atomic E-state index is -2.40. The minimum absolute atomic E-state index is 0.00613. The van der Waals surface area contributed by atoms with Gasteiger partial charge in [0.1, 0.15) is 29.7 Å². The van der Waals surface area contributed by atoms with E-state index in [-0.39, 0.29) is 55.1 Å². The van der Waals surface area contributed by atoms with Crippen LogP contribution in [0.4, 0.5) is 4.39 Å². The molecule has 370 valence electrons. The van der Waals surface area contributed by atoms with Crippen molar-refractivity contribution in [2.45, 2.75) is 122 Å². The number of thiol groups is 1. The van der Waals surface area contributed by atoms with E-state index < -0.39 is 118 Å². The van der Waals surface area contributed by atoms with Crippen molar-refractivity contribution in [2.24, 2.45) is 16.7 Å². The lowest BCUT2D eigenvalue weighted by Crippen LogP contribution is -2.82. The molecule has 4 aliphatic rings. The number of hydrogen-bond acceptors (Lipinski definition) is 15. The Morgan fingerprint density at radius 2 is 1.55 bits per heavy atom. The van der Waals surface area contributed by atoms with Crippen LogP contribution in [0.25, 0.3) is 0 Å². The van der Waals surface area contributed by atoms with Crippen LogP contribution < -0.4 is 5.32 Å². The fraction of sp³-hybridized carbons (Fsp3) is 0.500. The van der Waals surface area contributed by atoms with Crippen LogP contribution in [0.2, 0.25) is 0 Å². The summed E-state index contributed by atoms with van der Waals surface area (Å²) < 4.78 is 58.3. The van der Waals surface area contributed by atoms with Gasteiger partial charge < -0.3 is 43.6 Å². The number of hydrogen-bond donors (Lipinski definition) is 3. The second-order valence-corrected chi connectivity index (χ2v) is 19.2. The highest BCUT2D eigenvalue weighted by atomic mass is 32.1. The second-order valence-electron chi connectivity index (χ2n) is 18.7. The van der Waals surface area contributed by atoms with Crippen molar-refractivity contribution >= 4 is 48.2 Å². The van der Waals surface area contributed by atoms with E-state index in [9.17, 15) is 33.5 Å². The molecule has 11 atom stereocenters. The van der Waals surface area contributed by atoms with Gasteiger partial charge in [0.15, 0.2) is 23.6 Å². The highest BCUT2D eigenvalue weighted by Crippen LogP contribution is 2.65. The Labute approximate surface area is 406 Å². The number of esters is 4. The van der Waals surface area contributed by atoms with Gasteiger partial charge in [-0.15, -0.1) is 0 Å². The van der Waals surface area contributed by atoms with E-state index in [1.165, 1.54) is 19.1 Å². The number of aliphatic hydroxyl groups is 1. The summed E-state index contributed by atoms with van der Waals surface area (Å²) in [4.78, 5) is 86.5. The number of fused-ring (bicyclic) bond motifs is 5. The summed E-state index contributed by atoms with van der Waals surface area (Å²) in [7, 11) is 0. The summed E-state index contributed by atoms with van der Waals surface area (Å²) >= 11 is 4.25. The standard InChI is InChI=1S/C52H60FNO14S/c1-8-62-36-26-37-51(28-64-37,68-30(4)55)43-45(67-47(59)33-20-22-34(53)23-21-33)52(61)27-35(29(3)39(49(52,5)6)41(44(57)50(36,43)7)66-38(56)24-25-69)65-48(60)42(63-9-2)40(31-16-12-10-13-17-31)54-46(58)32-18-14-11-15-19-32/h10-23,35-37,40-43,45,61,69H,8-9,24-28H2,1-7H3,(H,54,58)/t35-,36-,37+,40-,41+,42+,43?,45-,50+,51-,52+/m0/s1. The van der Waals surface area contributed by atoms with Crippen LogP contribution in [0.3, 0.4) is 0 Å². The largest absolute Gasteiger partial charge is 0.456 e. The normalized spacial score (nSPS) is 29.9. The van der Waals surface area contributed by atoms with Gasteiger partial charge in [0.25, 0.3) is 5.91 Å². The Bertz CT molecular complexity index is 2450. The molecular formula is C52H60FNO14S. The molecule has 1 aliphatic heterocycles. The van der Waals surface area contributed by atoms with E-state index >= 15 is 4.79 Å². The van der Waals surface area contributed by atoms with Gasteiger partial charge in [-0.05, 0) is 80.8 Å². The van der Waals surface area contributed by atoms with E-state index in [0.717, 1.165) is 12.1 Å². The number of nitrogens with one attached hydrogen (secondary N) is 1. The van der Waals surface area contributed by atoms with Crippen molar-refractivity contribution in [1.82, 2.24) is 5.32 Å². The number of ether oxygens (including phenoxy) is 7. The zero-order chi connectivity index (χ0) is 50.1. The molecule has 2 bridgehead atoms. The maximum Gasteiger partial charge on any atom is 0.338 e. The lowest BCUT2D eigenvalue weighted by Gasteiger charge is -2.67. The Morgan fingerprint density at radius 1 is 0.899 bits per heavy atom. The SMILES string of the molecule is CCO[C@H]1C[C@H]2OC[C@@]2(OC(C)=O)C2[C@H](OC(=O)c3ccc(F)cc3)[C@]3(O)C[C@H](OC(=O)[C@H](OCC)[C@@H](NC(=O)c4ccccc4)c4ccccc4)C(C)=C([C@@H](OC(=O)CCS)C(=O)[C@@]21C)C3(C)C. The van der Waals surface area contributed by atoms with Gasteiger partial charge in [-0.1, -0.05) is 62.4 Å². The number of rotatable bonds is 16. The van der Waals surface area contributed by atoms with Crippen molar-refractivity contribution in [3.8, 4) is 0 Å². The summed E-state index contributed by atoms with van der Waals surface area (Å²) in [6, 6.07) is 20.5. The number of Topliss-reactive ketones (excluding diaryl/α,β-unsaturated/α-hetero) is 1. The van der Waals surface area contributed by atoms with E-state index in [4.69, 9.17) is 33.2 Å². The van der Waals surface area contributed by atoms with Crippen molar-refractivity contribution < 1.29 is 71.4 Å². The summed E-state index contributed by atoms with van der Waals surface area (Å²) in [5.41, 5.74) is -6.71. The molecule has 69 heavy (non-hydrogen) atoms. The summed E-state index contributed by atoms with van der Waals surface area (Å²) in [6.45, 7) is 10.7. The summed E-state index contributed by atoms with van der Waals surface area (Å²) in [5.74, 6) is -6.86. The third-order valence-electron chi connectivity index (χ3n) is 14.5. The number of halogens is 1. The molecule has 17 heteroatoms. The molecule has 0 spiro atoms. The van der Waals surface area contributed by atoms with Gasteiger partial charge in [-0.25, -0.2) is 14.0 Å². The lowest BCUT2D eigenvalue weighted by molar-refractivity contribution is -0.348. The first-order valence-electron chi connectivity index (χ1n) is 23.2. The predicted molar refractivity (Wildman–Crippen MR) is 249 cm³/mol. The first kappa shape index (κ1) is 51.4. The molecule has 0 aromatic heterocycles. The highest BCUT2D eigenvalue weighted by molar-refractivity contribution is 7.80. The highest BCUT2D eigenvalue weighted by Gasteiger charge is 2.78. The van der Waals surface area contributed by atoms with Gasteiger partial charge in [0.2, 0.25) is 0 Å². The molecule has 3 fully saturated rings. The van der Waals surface area contributed by atoms with Gasteiger partial charge >= 0.3 is 23.9 Å². The first-order chi connectivity index (χ1) is 32.8. The lowest BCUT2D eigenvalue weighted by atomic mass is 9.44. The fourth-order valence-electron chi connectivity index (χ4n) is 11.1. The maximum absolute atomic E-state index is 16.1. The van der Waals surface area contributed by atoms with Crippen molar-refractivity contribution in [3.05, 3.63) is 119 Å². The van der Waals surface area contributed by atoms with E-state index in [2.05, 4.69) is 17.9 Å². The Morgan fingerprint density at radius 3 is 2.13 bits per heavy atom. The number of carbonyl (C=O) groups is 6. The van der Waals surface area contributed by atoms with E-state index in [0.29, 0.717) is 11.1 Å². The average molecular weight is 974 g/mol. The van der Waals surface area contributed by atoms with Crippen molar-refractivity contribution in [2.75, 3.05) is 25.6 Å². The molecule has 3 aromatic carbocycles. The minimum Gasteiger partial charge on any atom is -0.456 e. The van der Waals surface area contributed by atoms with Gasteiger partial charge in [0, 0.05) is 49.7 Å². The molecule has 1 heterocycles. The Kier molecular flexibility index (Phi) is 15.3. The Balaban J connectivity index is 1.44. The summed E-state index contributed by atoms with van der Waals surface area (Å²) in [5, 5.41) is 17.0. The van der Waals surface area contributed by atoms with Crippen LogP contribution >= 0.6 is 12.6 Å². The van der Waals surface area contributed by atoms with Gasteiger partial charge in [-0.2, -0.15) is 12.6 Å². The predicted octanol–water partition coefficient (Wildman–Crippen LogP) is 6.26. The van der Waals surface area contributed by atoms with Crippen LogP contribution in [-0.4, -0.2) is 114 Å². The number of carbonyl (C=O) groups excluding carboxylic acids is 6. The zero-order valence-corrected chi connectivity index (χ0v) is 40.6. The average Bonchev–Trinajstić information content (AvgIpc) is 3.31. The second kappa shape index (κ2) is 20.5. The quantitative estimate of drug-likeness (QED) is 0.0629. The van der Waals surface area contributed by atoms with Crippen LogP contribution in [0.5, 0.6) is 0 Å². The molecule has 1 amide bonds. The molecule has 0 radical (unpaired) electrons. The molecule has 3 aromatic rings.